The fourth-order valence-corrected chi connectivity index (χ4v) is 3.59. The zero-order valence-corrected chi connectivity index (χ0v) is 16.7. The molecule has 0 radical (unpaired) electrons. The second kappa shape index (κ2) is 7.79. The molecule has 146 valence electrons. The maximum absolute atomic E-state index is 4.91. The van der Waals surface area contributed by atoms with Gasteiger partial charge < -0.3 is 5.32 Å². The van der Waals surface area contributed by atoms with Gasteiger partial charge in [-0.25, -0.2) is 9.50 Å². The van der Waals surface area contributed by atoms with Crippen LogP contribution in [0.4, 0.5) is 5.82 Å². The topological polar surface area (TPSA) is 55.1 Å². The van der Waals surface area contributed by atoms with Gasteiger partial charge in [0, 0.05) is 35.8 Å². The molecule has 0 unspecified atom stereocenters. The minimum absolute atomic E-state index is 0.666. The van der Waals surface area contributed by atoms with E-state index in [1.165, 1.54) is 5.56 Å². The van der Waals surface area contributed by atoms with Gasteiger partial charge in [0.1, 0.15) is 5.52 Å². The lowest BCUT2D eigenvalue weighted by atomic mass is 10.1. The molecule has 3 aromatic heterocycles. The van der Waals surface area contributed by atoms with E-state index in [-0.39, 0.29) is 0 Å². The third-order valence-corrected chi connectivity index (χ3v) is 5.05. The molecule has 1 N–H and O–H groups in total. The summed E-state index contributed by atoms with van der Waals surface area (Å²) in [5.41, 5.74) is 6.28. The van der Waals surface area contributed by atoms with Crippen molar-refractivity contribution in [2.24, 2.45) is 0 Å². The SMILES string of the molecule is Cc1cc(-c2nc(NCc3ccccc3)c3c(-c4ccccc4)ccn3n2)ccn1. The highest BCUT2D eigenvalue weighted by atomic mass is 15.3. The quantitative estimate of drug-likeness (QED) is 0.437. The first kappa shape index (κ1) is 18.1. The van der Waals surface area contributed by atoms with Crippen molar-refractivity contribution in [3.63, 3.8) is 0 Å². The van der Waals surface area contributed by atoms with Crippen LogP contribution in [-0.4, -0.2) is 19.6 Å². The lowest BCUT2D eigenvalue weighted by molar-refractivity contribution is 0.908. The molecule has 0 atom stereocenters. The number of fused-ring (bicyclic) bond motifs is 1. The van der Waals surface area contributed by atoms with Crippen LogP contribution in [0.3, 0.4) is 0 Å². The van der Waals surface area contributed by atoms with Crippen LogP contribution in [0.5, 0.6) is 0 Å². The van der Waals surface area contributed by atoms with Crippen LogP contribution in [-0.2, 0) is 6.54 Å². The minimum Gasteiger partial charge on any atom is -0.364 e. The number of hydrogen-bond acceptors (Lipinski definition) is 4. The van der Waals surface area contributed by atoms with Gasteiger partial charge in [-0.15, -0.1) is 5.10 Å². The van der Waals surface area contributed by atoms with Crippen molar-refractivity contribution in [2.45, 2.75) is 13.5 Å². The van der Waals surface area contributed by atoms with E-state index in [0.29, 0.717) is 12.4 Å². The zero-order valence-electron chi connectivity index (χ0n) is 16.7. The number of rotatable bonds is 5. The van der Waals surface area contributed by atoms with Crippen molar-refractivity contribution >= 4 is 11.3 Å². The maximum Gasteiger partial charge on any atom is 0.182 e. The standard InChI is InChI=1S/C25H21N5/c1-18-16-21(12-14-26-18)24-28-25(27-17-19-8-4-2-5-9-19)23-22(13-15-30(23)29-24)20-10-6-3-7-11-20/h2-16H,17H2,1H3,(H,27,28,29). The van der Waals surface area contributed by atoms with Crippen LogP contribution >= 0.6 is 0 Å². The van der Waals surface area contributed by atoms with Gasteiger partial charge in [0.05, 0.1) is 0 Å². The summed E-state index contributed by atoms with van der Waals surface area (Å²) >= 11 is 0. The van der Waals surface area contributed by atoms with Gasteiger partial charge in [-0.1, -0.05) is 60.7 Å². The molecule has 0 bridgehead atoms. The Morgan fingerprint density at radius 3 is 2.40 bits per heavy atom. The van der Waals surface area contributed by atoms with Crippen molar-refractivity contribution in [3.8, 4) is 22.5 Å². The second-order valence-corrected chi connectivity index (χ2v) is 7.20. The summed E-state index contributed by atoms with van der Waals surface area (Å²) in [4.78, 5) is 9.21. The molecule has 0 aliphatic carbocycles. The number of nitrogens with zero attached hydrogens (tertiary/aromatic N) is 4. The van der Waals surface area contributed by atoms with E-state index >= 15 is 0 Å². The van der Waals surface area contributed by atoms with Crippen LogP contribution in [0.15, 0.2) is 91.3 Å². The number of anilines is 1. The van der Waals surface area contributed by atoms with Crippen molar-refractivity contribution < 1.29 is 0 Å². The van der Waals surface area contributed by atoms with Crippen molar-refractivity contribution in [1.29, 1.82) is 0 Å². The lowest BCUT2D eigenvalue weighted by Gasteiger charge is -2.12. The van der Waals surface area contributed by atoms with Gasteiger partial charge in [-0.3, -0.25) is 4.98 Å². The van der Waals surface area contributed by atoms with E-state index in [2.05, 4.69) is 40.6 Å². The summed E-state index contributed by atoms with van der Waals surface area (Å²) in [6.45, 7) is 2.65. The Kier molecular flexibility index (Phi) is 4.69. The lowest BCUT2D eigenvalue weighted by Crippen LogP contribution is -2.07. The molecule has 2 aromatic carbocycles. The van der Waals surface area contributed by atoms with Crippen LogP contribution in [0.25, 0.3) is 28.0 Å². The highest BCUT2D eigenvalue weighted by molar-refractivity contribution is 5.89. The predicted octanol–water partition coefficient (Wildman–Crippen LogP) is 5.38. The normalized spacial score (nSPS) is 11.0. The molecule has 5 nitrogen and oxygen atoms in total. The monoisotopic (exact) mass is 391 g/mol. The van der Waals surface area contributed by atoms with Crippen molar-refractivity contribution in [3.05, 3.63) is 103 Å². The van der Waals surface area contributed by atoms with E-state index in [9.17, 15) is 0 Å². The fourth-order valence-electron chi connectivity index (χ4n) is 3.59. The summed E-state index contributed by atoms with van der Waals surface area (Å²) in [5.74, 6) is 1.47. The number of benzene rings is 2. The Labute approximate surface area is 175 Å². The average Bonchev–Trinajstić information content (AvgIpc) is 3.23. The summed E-state index contributed by atoms with van der Waals surface area (Å²) < 4.78 is 1.91. The molecule has 0 fully saturated rings. The molecule has 5 heteroatoms. The highest BCUT2D eigenvalue weighted by Gasteiger charge is 2.15. The van der Waals surface area contributed by atoms with Gasteiger partial charge in [-0.2, -0.15) is 0 Å². The number of aryl methyl sites for hydroxylation is 1. The Hall–Kier alpha value is -3.99. The molecule has 5 aromatic rings. The second-order valence-electron chi connectivity index (χ2n) is 7.20. The predicted molar refractivity (Wildman–Crippen MR) is 120 cm³/mol. The first-order valence-electron chi connectivity index (χ1n) is 9.93. The summed E-state index contributed by atoms with van der Waals surface area (Å²) in [5, 5.41) is 8.32. The third kappa shape index (κ3) is 3.53. The largest absolute Gasteiger partial charge is 0.364 e. The maximum atomic E-state index is 4.91. The van der Waals surface area contributed by atoms with E-state index in [1.807, 2.05) is 66.2 Å². The van der Waals surface area contributed by atoms with E-state index in [4.69, 9.17) is 10.1 Å². The zero-order chi connectivity index (χ0) is 20.3. The molecular formula is C25H21N5. The average molecular weight is 391 g/mol. The molecular weight excluding hydrogens is 370 g/mol. The van der Waals surface area contributed by atoms with E-state index < -0.39 is 0 Å². The third-order valence-electron chi connectivity index (χ3n) is 5.05. The van der Waals surface area contributed by atoms with Crippen molar-refractivity contribution in [1.82, 2.24) is 19.6 Å². The minimum atomic E-state index is 0.666. The molecule has 3 heterocycles. The molecule has 0 saturated carbocycles. The van der Waals surface area contributed by atoms with Gasteiger partial charge in [0.2, 0.25) is 0 Å². The Morgan fingerprint density at radius 2 is 1.63 bits per heavy atom. The molecule has 0 amide bonds. The smallest absolute Gasteiger partial charge is 0.182 e. The first-order valence-corrected chi connectivity index (χ1v) is 9.93. The summed E-state index contributed by atoms with van der Waals surface area (Å²) in [7, 11) is 0. The molecule has 0 aliphatic rings. The Bertz CT molecular complexity index is 1290. The first-order chi connectivity index (χ1) is 14.8. The van der Waals surface area contributed by atoms with Gasteiger partial charge in [0.15, 0.2) is 11.6 Å². The van der Waals surface area contributed by atoms with Crippen LogP contribution in [0.2, 0.25) is 0 Å². The number of aromatic nitrogens is 4. The van der Waals surface area contributed by atoms with Gasteiger partial charge >= 0.3 is 0 Å². The molecule has 5 rings (SSSR count). The van der Waals surface area contributed by atoms with E-state index in [1.54, 1.807) is 6.20 Å². The fraction of sp³-hybridized carbons (Fsp3) is 0.0800. The summed E-state index contributed by atoms with van der Waals surface area (Å²) in [6, 6.07) is 26.7. The Morgan fingerprint density at radius 1 is 0.867 bits per heavy atom. The highest BCUT2D eigenvalue weighted by Crippen LogP contribution is 2.31. The molecule has 0 spiro atoms. The molecule has 0 aliphatic heterocycles. The molecule has 30 heavy (non-hydrogen) atoms. The number of pyridine rings is 1. The summed E-state index contributed by atoms with van der Waals surface area (Å²) in [6.07, 6.45) is 3.78. The van der Waals surface area contributed by atoms with E-state index in [0.717, 1.165) is 33.7 Å². The Balaban J connectivity index is 1.65. The van der Waals surface area contributed by atoms with Crippen molar-refractivity contribution in [2.75, 3.05) is 5.32 Å². The molecule has 0 saturated heterocycles. The van der Waals surface area contributed by atoms with Crippen LogP contribution in [0.1, 0.15) is 11.3 Å². The van der Waals surface area contributed by atoms with Gasteiger partial charge in [0.25, 0.3) is 0 Å². The van der Waals surface area contributed by atoms with Crippen LogP contribution < -0.4 is 5.32 Å². The number of nitrogens with one attached hydrogen (secondary N) is 1. The van der Waals surface area contributed by atoms with Crippen LogP contribution in [0, 0.1) is 6.92 Å². The van der Waals surface area contributed by atoms with Gasteiger partial charge in [-0.05, 0) is 36.2 Å². The number of hydrogen-bond donors (Lipinski definition) is 1.